The number of amides is 2. The molecule has 0 aliphatic rings. The molecule has 2 unspecified atom stereocenters. The molecule has 2 amide bonds. The van der Waals surface area contributed by atoms with Crippen molar-refractivity contribution in [1.29, 1.82) is 0 Å². The zero-order valence-corrected chi connectivity index (χ0v) is 28.8. The van der Waals surface area contributed by atoms with Gasteiger partial charge < -0.3 is 20.5 Å². The number of carboxylic acids is 1. The quantitative estimate of drug-likeness (QED) is 0.0889. The standard InChI is InChI=1S/C40H48N4O5/c1-4-6-8-9-10-24-49-35-22-20-31(21-23-35)34-26-41-37(42-27-34)32-16-14-30(15-17-32)25-36(39(46)43-28(3)40(47)48)44-38(45)33-18-12-29(13-19-33)11-7-5-2/h12-23,26-28,36H,4-11,24-25H2,1-3H3,(H,43,46)(H,44,45)(H,47,48). The van der Waals surface area contributed by atoms with Crippen LogP contribution in [0.15, 0.2) is 85.2 Å². The molecule has 0 aliphatic heterocycles. The summed E-state index contributed by atoms with van der Waals surface area (Å²) in [6, 6.07) is 20.6. The van der Waals surface area contributed by atoms with Crippen LogP contribution in [0.4, 0.5) is 0 Å². The number of rotatable bonds is 19. The predicted octanol–water partition coefficient (Wildman–Crippen LogP) is 7.43. The molecule has 1 heterocycles. The van der Waals surface area contributed by atoms with E-state index >= 15 is 0 Å². The summed E-state index contributed by atoms with van der Waals surface area (Å²) in [5.41, 5.74) is 5.03. The van der Waals surface area contributed by atoms with Gasteiger partial charge in [0.15, 0.2) is 5.82 Å². The van der Waals surface area contributed by atoms with Gasteiger partial charge in [0, 0.05) is 35.5 Å². The monoisotopic (exact) mass is 664 g/mol. The number of aryl methyl sites for hydroxylation is 1. The van der Waals surface area contributed by atoms with Gasteiger partial charge in [-0.1, -0.05) is 94.5 Å². The minimum atomic E-state index is -1.16. The lowest BCUT2D eigenvalue weighted by atomic mass is 10.0. The molecule has 49 heavy (non-hydrogen) atoms. The Bertz CT molecular complexity index is 1620. The highest BCUT2D eigenvalue weighted by Crippen LogP contribution is 2.24. The molecule has 0 aliphatic carbocycles. The second-order valence-corrected chi connectivity index (χ2v) is 12.4. The summed E-state index contributed by atoms with van der Waals surface area (Å²) in [7, 11) is 0. The molecular formula is C40H48N4O5. The molecule has 3 N–H and O–H groups in total. The Morgan fingerprint density at radius 1 is 0.714 bits per heavy atom. The van der Waals surface area contributed by atoms with E-state index in [1.54, 1.807) is 24.5 Å². The zero-order chi connectivity index (χ0) is 35.0. The molecule has 0 fully saturated rings. The van der Waals surface area contributed by atoms with E-state index in [-0.39, 0.29) is 6.42 Å². The molecular weight excluding hydrogens is 616 g/mol. The van der Waals surface area contributed by atoms with Crippen LogP contribution in [0.5, 0.6) is 5.75 Å². The molecule has 0 bridgehead atoms. The Morgan fingerprint density at radius 2 is 1.33 bits per heavy atom. The van der Waals surface area contributed by atoms with Crippen LogP contribution in [0.1, 0.15) is 87.2 Å². The third-order valence-electron chi connectivity index (χ3n) is 8.39. The maximum absolute atomic E-state index is 13.1. The van der Waals surface area contributed by atoms with Crippen LogP contribution in [0, 0.1) is 0 Å². The summed E-state index contributed by atoms with van der Waals surface area (Å²) in [6.45, 7) is 6.45. The van der Waals surface area contributed by atoms with E-state index in [0.717, 1.165) is 65.9 Å². The number of ether oxygens (including phenoxy) is 1. The fraction of sp³-hybridized carbons (Fsp3) is 0.375. The molecule has 2 atom stereocenters. The average molecular weight is 665 g/mol. The zero-order valence-electron chi connectivity index (χ0n) is 28.8. The van der Waals surface area contributed by atoms with Crippen molar-refractivity contribution in [2.75, 3.05) is 6.61 Å². The van der Waals surface area contributed by atoms with Gasteiger partial charge in [-0.3, -0.25) is 14.4 Å². The molecule has 0 saturated carbocycles. The molecule has 0 radical (unpaired) electrons. The first-order chi connectivity index (χ1) is 23.8. The Morgan fingerprint density at radius 3 is 1.96 bits per heavy atom. The predicted molar refractivity (Wildman–Crippen MR) is 192 cm³/mol. The number of hydrogen-bond acceptors (Lipinski definition) is 6. The minimum absolute atomic E-state index is 0.164. The molecule has 258 valence electrons. The van der Waals surface area contributed by atoms with E-state index in [9.17, 15) is 19.5 Å². The second-order valence-electron chi connectivity index (χ2n) is 12.4. The summed E-state index contributed by atoms with van der Waals surface area (Å²) in [5, 5.41) is 14.6. The van der Waals surface area contributed by atoms with Gasteiger partial charge in [-0.15, -0.1) is 0 Å². The number of carboxylic acid groups (broad SMARTS) is 1. The van der Waals surface area contributed by atoms with Crippen LogP contribution in [-0.4, -0.2) is 51.5 Å². The van der Waals surface area contributed by atoms with E-state index in [0.29, 0.717) is 11.4 Å². The molecule has 0 spiro atoms. The number of unbranched alkanes of at least 4 members (excludes halogenated alkanes) is 5. The molecule has 9 heteroatoms. The van der Waals surface area contributed by atoms with Crippen molar-refractivity contribution >= 4 is 17.8 Å². The number of benzene rings is 3. The first-order valence-corrected chi connectivity index (χ1v) is 17.3. The van der Waals surface area contributed by atoms with E-state index in [4.69, 9.17) is 4.74 Å². The van der Waals surface area contributed by atoms with Crippen molar-refractivity contribution in [3.63, 3.8) is 0 Å². The highest BCUT2D eigenvalue weighted by molar-refractivity contribution is 5.98. The van der Waals surface area contributed by atoms with Crippen LogP contribution < -0.4 is 15.4 Å². The van der Waals surface area contributed by atoms with Crippen molar-refractivity contribution in [3.8, 4) is 28.3 Å². The Hall–Kier alpha value is -5.05. The van der Waals surface area contributed by atoms with E-state index in [1.807, 2.05) is 60.7 Å². The fourth-order valence-corrected chi connectivity index (χ4v) is 5.32. The first-order valence-electron chi connectivity index (χ1n) is 17.3. The lowest BCUT2D eigenvalue weighted by Gasteiger charge is -2.20. The highest BCUT2D eigenvalue weighted by atomic mass is 16.5. The largest absolute Gasteiger partial charge is 0.494 e. The van der Waals surface area contributed by atoms with Crippen molar-refractivity contribution in [1.82, 2.24) is 20.6 Å². The maximum Gasteiger partial charge on any atom is 0.325 e. The van der Waals surface area contributed by atoms with Crippen LogP contribution in [-0.2, 0) is 22.4 Å². The van der Waals surface area contributed by atoms with Gasteiger partial charge in [0.25, 0.3) is 5.91 Å². The minimum Gasteiger partial charge on any atom is -0.494 e. The first kappa shape index (κ1) is 36.8. The van der Waals surface area contributed by atoms with Crippen LogP contribution in [0.2, 0.25) is 0 Å². The molecule has 4 aromatic rings. The lowest BCUT2D eigenvalue weighted by Crippen LogP contribution is -2.51. The van der Waals surface area contributed by atoms with E-state index in [2.05, 4.69) is 34.4 Å². The van der Waals surface area contributed by atoms with Crippen LogP contribution in [0.25, 0.3) is 22.5 Å². The van der Waals surface area contributed by atoms with Crippen molar-refractivity contribution in [2.24, 2.45) is 0 Å². The van der Waals surface area contributed by atoms with Gasteiger partial charge in [-0.25, -0.2) is 9.97 Å². The molecule has 1 aromatic heterocycles. The Kier molecular flexibility index (Phi) is 14.3. The SMILES string of the molecule is CCCCCCCOc1ccc(-c2cnc(-c3ccc(CC(NC(=O)c4ccc(CCCC)cc4)C(=O)NC(C)C(=O)O)cc3)nc2)cc1. The lowest BCUT2D eigenvalue weighted by molar-refractivity contribution is -0.141. The summed E-state index contributed by atoms with van der Waals surface area (Å²) >= 11 is 0. The second kappa shape index (κ2) is 19.1. The van der Waals surface area contributed by atoms with Gasteiger partial charge in [0.2, 0.25) is 5.91 Å². The van der Waals surface area contributed by atoms with E-state index < -0.39 is 29.9 Å². The number of aromatic nitrogens is 2. The summed E-state index contributed by atoms with van der Waals surface area (Å²) in [4.78, 5) is 46.8. The number of carbonyl (C=O) groups excluding carboxylic acids is 2. The average Bonchev–Trinajstić information content (AvgIpc) is 3.12. The third-order valence-corrected chi connectivity index (χ3v) is 8.39. The Labute approximate surface area is 289 Å². The number of aliphatic carboxylic acids is 1. The number of carbonyl (C=O) groups is 3. The summed E-state index contributed by atoms with van der Waals surface area (Å²) in [5.74, 6) is -0.739. The van der Waals surface area contributed by atoms with Gasteiger partial charge in [0.05, 0.1) is 6.61 Å². The highest BCUT2D eigenvalue weighted by Gasteiger charge is 2.25. The van der Waals surface area contributed by atoms with Crippen molar-refractivity contribution in [3.05, 3.63) is 102 Å². The number of hydrogen-bond donors (Lipinski definition) is 3. The molecule has 4 rings (SSSR count). The number of nitrogens with zero attached hydrogens (tertiary/aromatic N) is 2. The van der Waals surface area contributed by atoms with E-state index in [1.165, 1.54) is 32.6 Å². The Balaban J connectivity index is 1.38. The number of nitrogens with one attached hydrogen (secondary N) is 2. The van der Waals surface area contributed by atoms with Crippen molar-refractivity contribution < 1.29 is 24.2 Å². The van der Waals surface area contributed by atoms with Gasteiger partial charge >= 0.3 is 5.97 Å². The van der Waals surface area contributed by atoms with Crippen molar-refractivity contribution in [2.45, 2.75) is 90.6 Å². The van der Waals surface area contributed by atoms with Gasteiger partial charge in [-0.05, 0) is 67.1 Å². The van der Waals surface area contributed by atoms with Crippen LogP contribution in [0.3, 0.4) is 0 Å². The third kappa shape index (κ3) is 11.6. The maximum atomic E-state index is 13.1. The smallest absolute Gasteiger partial charge is 0.325 e. The fourth-order valence-electron chi connectivity index (χ4n) is 5.32. The van der Waals surface area contributed by atoms with Crippen LogP contribution >= 0.6 is 0 Å². The normalized spacial score (nSPS) is 12.1. The van der Waals surface area contributed by atoms with Gasteiger partial charge in [0.1, 0.15) is 17.8 Å². The molecule has 9 nitrogen and oxygen atoms in total. The topological polar surface area (TPSA) is 131 Å². The summed E-state index contributed by atoms with van der Waals surface area (Å²) < 4.78 is 5.88. The summed E-state index contributed by atoms with van der Waals surface area (Å²) in [6.07, 6.45) is 12.8. The molecule has 3 aromatic carbocycles. The van der Waals surface area contributed by atoms with Gasteiger partial charge in [-0.2, -0.15) is 0 Å². The molecule has 0 saturated heterocycles.